The number of ether oxygens (including phenoxy) is 1. The van der Waals surface area contributed by atoms with Crippen molar-refractivity contribution >= 4 is 16.7 Å². The highest BCUT2D eigenvalue weighted by Gasteiger charge is 2.23. The van der Waals surface area contributed by atoms with Crippen molar-refractivity contribution in [1.29, 1.82) is 0 Å². The van der Waals surface area contributed by atoms with Crippen LogP contribution in [0.25, 0.3) is 33.7 Å². The highest BCUT2D eigenvalue weighted by Crippen LogP contribution is 2.31. The SMILES string of the molecule is Cc1cc(-c2cc(N3CCOCC3C)nc(-c3cccc4[nH]ccc34)n2)n(C)n1. The molecule has 1 N–H and O–H groups in total. The van der Waals surface area contributed by atoms with Crippen LogP contribution in [0, 0.1) is 6.92 Å². The van der Waals surface area contributed by atoms with Crippen LogP contribution >= 0.6 is 0 Å². The molecule has 148 valence electrons. The Morgan fingerprint density at radius 1 is 1.17 bits per heavy atom. The van der Waals surface area contributed by atoms with E-state index >= 15 is 0 Å². The van der Waals surface area contributed by atoms with Crippen LogP contribution in [0.3, 0.4) is 0 Å². The van der Waals surface area contributed by atoms with Gasteiger partial charge in [0, 0.05) is 42.3 Å². The minimum atomic E-state index is 0.260. The van der Waals surface area contributed by atoms with Crippen LogP contribution < -0.4 is 4.90 Å². The molecule has 0 bridgehead atoms. The molecule has 1 atom stereocenters. The summed E-state index contributed by atoms with van der Waals surface area (Å²) in [5, 5.41) is 5.62. The summed E-state index contributed by atoms with van der Waals surface area (Å²) in [7, 11) is 1.95. The fraction of sp³-hybridized carbons (Fsp3) is 0.318. The number of rotatable bonds is 3. The Balaban J connectivity index is 1.72. The van der Waals surface area contributed by atoms with Gasteiger partial charge in [0.2, 0.25) is 0 Å². The molecule has 5 rings (SSSR count). The van der Waals surface area contributed by atoms with Crippen molar-refractivity contribution in [1.82, 2.24) is 24.7 Å². The number of H-pyrrole nitrogens is 1. The van der Waals surface area contributed by atoms with Crippen molar-refractivity contribution < 1.29 is 4.74 Å². The molecule has 0 amide bonds. The van der Waals surface area contributed by atoms with Gasteiger partial charge in [0.25, 0.3) is 0 Å². The van der Waals surface area contributed by atoms with E-state index in [4.69, 9.17) is 14.7 Å². The van der Waals surface area contributed by atoms with Crippen molar-refractivity contribution in [3.8, 4) is 22.8 Å². The van der Waals surface area contributed by atoms with Crippen LogP contribution in [0.1, 0.15) is 12.6 Å². The molecule has 7 nitrogen and oxygen atoms in total. The summed E-state index contributed by atoms with van der Waals surface area (Å²) in [6.07, 6.45) is 1.95. The highest BCUT2D eigenvalue weighted by atomic mass is 16.5. The second-order valence-electron chi connectivity index (χ2n) is 7.59. The predicted molar refractivity (Wildman–Crippen MR) is 114 cm³/mol. The Kier molecular flexibility index (Phi) is 4.32. The molecule has 1 saturated heterocycles. The number of aromatic amines is 1. The lowest BCUT2D eigenvalue weighted by atomic mass is 10.1. The summed E-state index contributed by atoms with van der Waals surface area (Å²) >= 11 is 0. The lowest BCUT2D eigenvalue weighted by molar-refractivity contribution is 0.0985. The van der Waals surface area contributed by atoms with Gasteiger partial charge < -0.3 is 14.6 Å². The molecule has 1 aromatic carbocycles. The summed E-state index contributed by atoms with van der Waals surface area (Å²) in [4.78, 5) is 15.5. The molecule has 1 aliphatic rings. The van der Waals surface area contributed by atoms with Gasteiger partial charge in [-0.3, -0.25) is 4.68 Å². The van der Waals surface area contributed by atoms with Crippen molar-refractivity contribution in [3.63, 3.8) is 0 Å². The molecule has 1 unspecified atom stereocenters. The third-order valence-corrected chi connectivity index (χ3v) is 5.47. The van der Waals surface area contributed by atoms with Crippen LogP contribution in [-0.4, -0.2) is 50.5 Å². The molecule has 3 aromatic heterocycles. The van der Waals surface area contributed by atoms with Crippen LogP contribution in [-0.2, 0) is 11.8 Å². The summed E-state index contributed by atoms with van der Waals surface area (Å²) in [5.41, 5.74) is 4.92. The molecule has 4 aromatic rings. The number of aromatic nitrogens is 5. The minimum Gasteiger partial charge on any atom is -0.377 e. The molecule has 4 heterocycles. The van der Waals surface area contributed by atoms with Gasteiger partial charge in [-0.05, 0) is 32.0 Å². The molecule has 0 spiro atoms. The van der Waals surface area contributed by atoms with Gasteiger partial charge in [-0.15, -0.1) is 0 Å². The molecule has 29 heavy (non-hydrogen) atoms. The summed E-state index contributed by atoms with van der Waals surface area (Å²) in [5.74, 6) is 1.65. The van der Waals surface area contributed by atoms with Crippen molar-refractivity contribution in [3.05, 3.63) is 48.3 Å². The van der Waals surface area contributed by atoms with E-state index < -0.39 is 0 Å². The standard InChI is InChI=1S/C22H24N6O/c1-14-11-20(27(3)26-14)19-12-21(28-9-10-29-13-15(28)2)25-22(24-19)17-5-4-6-18-16(17)7-8-23-18/h4-8,11-12,15,23H,9-10,13H2,1-3H3. The Morgan fingerprint density at radius 3 is 2.86 bits per heavy atom. The molecule has 1 aliphatic heterocycles. The van der Waals surface area contributed by atoms with Gasteiger partial charge >= 0.3 is 0 Å². The maximum Gasteiger partial charge on any atom is 0.162 e. The Hall–Kier alpha value is -3.19. The van der Waals surface area contributed by atoms with E-state index in [2.05, 4.69) is 52.2 Å². The number of nitrogens with zero attached hydrogens (tertiary/aromatic N) is 5. The molecular formula is C22H24N6O. The van der Waals surface area contributed by atoms with E-state index in [0.29, 0.717) is 13.2 Å². The van der Waals surface area contributed by atoms with Crippen molar-refractivity contribution in [2.24, 2.45) is 7.05 Å². The first-order valence-electron chi connectivity index (χ1n) is 9.91. The third kappa shape index (κ3) is 3.17. The van der Waals surface area contributed by atoms with Gasteiger partial charge in [0.05, 0.1) is 36.3 Å². The second kappa shape index (κ2) is 7.00. The van der Waals surface area contributed by atoms with E-state index in [1.54, 1.807) is 0 Å². The zero-order valence-corrected chi connectivity index (χ0v) is 16.9. The van der Waals surface area contributed by atoms with Gasteiger partial charge in [-0.1, -0.05) is 12.1 Å². The van der Waals surface area contributed by atoms with Crippen LogP contribution in [0.2, 0.25) is 0 Å². The van der Waals surface area contributed by atoms with Crippen molar-refractivity contribution in [2.45, 2.75) is 19.9 Å². The number of aryl methyl sites for hydroxylation is 2. The number of hydrogen-bond donors (Lipinski definition) is 1. The fourth-order valence-electron chi connectivity index (χ4n) is 4.03. The summed E-state index contributed by atoms with van der Waals surface area (Å²) in [6.45, 7) is 6.39. The van der Waals surface area contributed by atoms with Gasteiger partial charge in [0.1, 0.15) is 5.82 Å². The van der Waals surface area contributed by atoms with Gasteiger partial charge in [-0.2, -0.15) is 5.10 Å². The van der Waals surface area contributed by atoms with Crippen LogP contribution in [0.15, 0.2) is 42.6 Å². The van der Waals surface area contributed by atoms with E-state index in [9.17, 15) is 0 Å². The predicted octanol–water partition coefficient (Wildman–Crippen LogP) is 3.56. The largest absolute Gasteiger partial charge is 0.377 e. The van der Waals surface area contributed by atoms with E-state index in [1.165, 1.54) is 0 Å². The van der Waals surface area contributed by atoms with Crippen molar-refractivity contribution in [2.75, 3.05) is 24.7 Å². The lowest BCUT2D eigenvalue weighted by Gasteiger charge is -2.34. The molecule has 1 fully saturated rings. The van der Waals surface area contributed by atoms with Gasteiger partial charge in [0.15, 0.2) is 5.82 Å². The zero-order valence-electron chi connectivity index (χ0n) is 16.9. The monoisotopic (exact) mass is 388 g/mol. The molecule has 0 saturated carbocycles. The number of hydrogen-bond acceptors (Lipinski definition) is 5. The first-order valence-corrected chi connectivity index (χ1v) is 9.91. The second-order valence-corrected chi connectivity index (χ2v) is 7.59. The quantitative estimate of drug-likeness (QED) is 0.581. The first kappa shape index (κ1) is 17.9. The molecule has 7 heteroatoms. The maximum atomic E-state index is 5.63. The molecule has 0 aliphatic carbocycles. The Morgan fingerprint density at radius 2 is 2.07 bits per heavy atom. The zero-order chi connectivity index (χ0) is 20.0. The number of benzene rings is 1. The number of fused-ring (bicyclic) bond motifs is 1. The molecular weight excluding hydrogens is 364 g/mol. The topological polar surface area (TPSA) is 71.9 Å². The average molecular weight is 388 g/mol. The average Bonchev–Trinajstić information content (AvgIpc) is 3.33. The summed E-state index contributed by atoms with van der Waals surface area (Å²) in [6, 6.07) is 12.7. The number of morpholine rings is 1. The Bertz CT molecular complexity index is 1180. The summed E-state index contributed by atoms with van der Waals surface area (Å²) < 4.78 is 7.51. The van der Waals surface area contributed by atoms with Gasteiger partial charge in [-0.25, -0.2) is 9.97 Å². The van der Waals surface area contributed by atoms with E-state index in [1.807, 2.05) is 30.9 Å². The lowest BCUT2D eigenvalue weighted by Crippen LogP contribution is -2.44. The first-order chi connectivity index (χ1) is 14.1. The number of anilines is 1. The smallest absolute Gasteiger partial charge is 0.162 e. The van der Waals surface area contributed by atoms with E-state index in [-0.39, 0.29) is 6.04 Å². The third-order valence-electron chi connectivity index (χ3n) is 5.47. The maximum absolute atomic E-state index is 5.63. The number of nitrogens with one attached hydrogen (secondary N) is 1. The molecule has 0 radical (unpaired) electrons. The fourth-order valence-corrected chi connectivity index (χ4v) is 4.03. The highest BCUT2D eigenvalue weighted by molar-refractivity contribution is 5.93. The normalized spacial score (nSPS) is 17.2. The minimum absolute atomic E-state index is 0.260. The van der Waals surface area contributed by atoms with E-state index in [0.717, 1.165) is 51.7 Å². The van der Waals surface area contributed by atoms with Crippen LogP contribution in [0.4, 0.5) is 5.82 Å². The van der Waals surface area contributed by atoms with Crippen LogP contribution in [0.5, 0.6) is 0 Å². The Labute approximate surface area is 169 Å².